The van der Waals surface area contributed by atoms with Crippen LogP contribution < -0.4 is 5.73 Å². The Morgan fingerprint density at radius 2 is 1.90 bits per heavy atom. The van der Waals surface area contributed by atoms with Crippen LogP contribution in [0.25, 0.3) is 0 Å². The maximum atomic E-state index is 14.2. The summed E-state index contributed by atoms with van der Waals surface area (Å²) in [7, 11) is 0. The Bertz CT molecular complexity index is 415. The maximum Gasteiger partial charge on any atom is 0.128 e. The summed E-state index contributed by atoms with van der Waals surface area (Å²) < 4.78 is 14.2. The Morgan fingerprint density at radius 1 is 1.25 bits per heavy atom. The Morgan fingerprint density at radius 3 is 2.45 bits per heavy atom. The zero-order valence-corrected chi connectivity index (χ0v) is 12.7. The number of benzene rings is 1. The van der Waals surface area contributed by atoms with Gasteiger partial charge in [-0.2, -0.15) is 0 Å². The van der Waals surface area contributed by atoms with E-state index in [2.05, 4.69) is 18.7 Å². The molecule has 1 aromatic carbocycles. The van der Waals surface area contributed by atoms with E-state index in [1.165, 1.54) is 25.7 Å². The zero-order chi connectivity index (χ0) is 14.5. The van der Waals surface area contributed by atoms with Gasteiger partial charge in [-0.3, -0.25) is 4.90 Å². The number of nitrogens with two attached hydrogens (primary N) is 1. The Labute approximate surface area is 122 Å². The van der Waals surface area contributed by atoms with Gasteiger partial charge in [0.15, 0.2) is 0 Å². The molecule has 20 heavy (non-hydrogen) atoms. The summed E-state index contributed by atoms with van der Waals surface area (Å²) in [6, 6.07) is 7.64. The van der Waals surface area contributed by atoms with E-state index in [1.807, 2.05) is 12.1 Å². The van der Waals surface area contributed by atoms with Crippen LogP contribution >= 0.6 is 0 Å². The fourth-order valence-electron chi connectivity index (χ4n) is 3.51. The van der Waals surface area contributed by atoms with Crippen molar-refractivity contribution in [1.29, 1.82) is 0 Å². The van der Waals surface area contributed by atoms with E-state index in [4.69, 9.17) is 5.73 Å². The molecule has 0 spiro atoms. The first-order chi connectivity index (χ1) is 9.69. The molecule has 1 aliphatic carbocycles. The van der Waals surface area contributed by atoms with E-state index in [0.717, 1.165) is 18.5 Å². The second kappa shape index (κ2) is 7.19. The predicted octanol–water partition coefficient (Wildman–Crippen LogP) is 3.87. The molecule has 1 aromatic rings. The Balaban J connectivity index is 2.33. The number of rotatable bonds is 6. The molecule has 2 nitrogen and oxygen atoms in total. The summed E-state index contributed by atoms with van der Waals surface area (Å²) in [5.74, 6) is -0.127. The lowest BCUT2D eigenvalue weighted by atomic mass is 9.94. The summed E-state index contributed by atoms with van der Waals surface area (Å²) in [4.78, 5) is 2.43. The molecule has 0 aliphatic heterocycles. The zero-order valence-electron chi connectivity index (χ0n) is 12.7. The quantitative estimate of drug-likeness (QED) is 0.856. The van der Waals surface area contributed by atoms with E-state index in [-0.39, 0.29) is 17.9 Å². The summed E-state index contributed by atoms with van der Waals surface area (Å²) in [6.45, 7) is 5.17. The fourth-order valence-corrected chi connectivity index (χ4v) is 3.51. The minimum Gasteiger partial charge on any atom is -0.326 e. The highest BCUT2D eigenvalue weighted by atomic mass is 19.1. The minimum atomic E-state index is -0.127. The Hall–Kier alpha value is -0.930. The Kier molecular flexibility index (Phi) is 5.55. The molecule has 0 saturated heterocycles. The highest BCUT2D eigenvalue weighted by Crippen LogP contribution is 2.34. The molecule has 3 heteroatoms. The molecular weight excluding hydrogens is 251 g/mol. The second-order valence-corrected chi connectivity index (χ2v) is 5.81. The van der Waals surface area contributed by atoms with E-state index in [1.54, 1.807) is 12.1 Å². The summed E-state index contributed by atoms with van der Waals surface area (Å²) >= 11 is 0. The number of halogens is 1. The molecule has 2 N–H and O–H groups in total. The summed E-state index contributed by atoms with van der Waals surface area (Å²) in [5, 5.41) is 0. The SMILES string of the molecule is CCC(N)C(c1ccccc1F)N(CC)C1CCCC1. The van der Waals surface area contributed by atoms with Gasteiger partial charge >= 0.3 is 0 Å². The molecule has 2 unspecified atom stereocenters. The third-order valence-electron chi connectivity index (χ3n) is 4.62. The van der Waals surface area contributed by atoms with Crippen molar-refractivity contribution < 1.29 is 4.39 Å². The molecule has 112 valence electrons. The molecule has 2 atom stereocenters. The van der Waals surface area contributed by atoms with Gasteiger partial charge in [-0.25, -0.2) is 4.39 Å². The number of nitrogens with zero attached hydrogens (tertiary/aromatic N) is 1. The van der Waals surface area contributed by atoms with Crippen molar-refractivity contribution in [2.24, 2.45) is 5.73 Å². The van der Waals surface area contributed by atoms with Crippen LogP contribution in [0.1, 0.15) is 57.6 Å². The molecule has 0 heterocycles. The van der Waals surface area contributed by atoms with Gasteiger partial charge in [0.25, 0.3) is 0 Å². The topological polar surface area (TPSA) is 29.3 Å². The second-order valence-electron chi connectivity index (χ2n) is 5.81. The van der Waals surface area contributed by atoms with Crippen molar-refractivity contribution in [2.45, 2.75) is 64.1 Å². The van der Waals surface area contributed by atoms with Crippen molar-refractivity contribution >= 4 is 0 Å². The monoisotopic (exact) mass is 278 g/mol. The van der Waals surface area contributed by atoms with Crippen molar-refractivity contribution in [2.75, 3.05) is 6.54 Å². The van der Waals surface area contributed by atoms with Crippen molar-refractivity contribution in [3.05, 3.63) is 35.6 Å². The molecular formula is C17H27FN2. The van der Waals surface area contributed by atoms with Crippen LogP contribution in [0.5, 0.6) is 0 Å². The van der Waals surface area contributed by atoms with Crippen LogP contribution in [0.3, 0.4) is 0 Å². The van der Waals surface area contributed by atoms with Crippen LogP contribution in [0.4, 0.5) is 4.39 Å². The van der Waals surface area contributed by atoms with Crippen LogP contribution in [-0.4, -0.2) is 23.5 Å². The molecule has 1 fully saturated rings. The highest BCUT2D eigenvalue weighted by molar-refractivity contribution is 5.23. The largest absolute Gasteiger partial charge is 0.326 e. The molecule has 0 aromatic heterocycles. The van der Waals surface area contributed by atoms with Gasteiger partial charge in [-0.15, -0.1) is 0 Å². The normalized spacial score (nSPS) is 19.4. The number of hydrogen-bond donors (Lipinski definition) is 1. The van der Waals surface area contributed by atoms with E-state index >= 15 is 0 Å². The van der Waals surface area contributed by atoms with Gasteiger partial charge in [-0.1, -0.05) is 44.9 Å². The first-order valence-corrected chi connectivity index (χ1v) is 7.94. The summed E-state index contributed by atoms with van der Waals surface area (Å²) in [6.07, 6.45) is 5.87. The average molecular weight is 278 g/mol. The van der Waals surface area contributed by atoms with Gasteiger partial charge in [0.05, 0.1) is 6.04 Å². The lowest BCUT2D eigenvalue weighted by Crippen LogP contribution is -2.45. The van der Waals surface area contributed by atoms with Crippen molar-refractivity contribution in [1.82, 2.24) is 4.90 Å². The molecule has 1 saturated carbocycles. The van der Waals surface area contributed by atoms with Crippen LogP contribution in [0.2, 0.25) is 0 Å². The van der Waals surface area contributed by atoms with Gasteiger partial charge < -0.3 is 5.73 Å². The lowest BCUT2D eigenvalue weighted by Gasteiger charge is -2.39. The highest BCUT2D eigenvalue weighted by Gasteiger charge is 2.32. The molecule has 0 bridgehead atoms. The third-order valence-corrected chi connectivity index (χ3v) is 4.62. The summed E-state index contributed by atoms with van der Waals surface area (Å²) in [5.41, 5.74) is 7.11. The van der Waals surface area contributed by atoms with E-state index in [9.17, 15) is 4.39 Å². The predicted molar refractivity (Wildman–Crippen MR) is 82.0 cm³/mol. The van der Waals surface area contributed by atoms with E-state index < -0.39 is 0 Å². The first-order valence-electron chi connectivity index (χ1n) is 7.94. The number of hydrogen-bond acceptors (Lipinski definition) is 2. The standard InChI is InChI=1S/C17H27FN2/c1-3-16(19)17(14-11-7-8-12-15(14)18)20(4-2)13-9-5-6-10-13/h7-8,11-13,16-17H,3-6,9-10,19H2,1-2H3. The third kappa shape index (κ3) is 3.21. The van der Waals surface area contributed by atoms with Crippen LogP contribution in [0.15, 0.2) is 24.3 Å². The van der Waals surface area contributed by atoms with Crippen molar-refractivity contribution in [3.8, 4) is 0 Å². The minimum absolute atomic E-state index is 0.00528. The number of likely N-dealkylation sites (N-methyl/N-ethyl adjacent to an activating group) is 1. The molecule has 1 aliphatic rings. The lowest BCUT2D eigenvalue weighted by molar-refractivity contribution is 0.119. The van der Waals surface area contributed by atoms with Crippen molar-refractivity contribution in [3.63, 3.8) is 0 Å². The molecule has 0 radical (unpaired) electrons. The first kappa shape index (κ1) is 15.5. The molecule has 2 rings (SSSR count). The van der Waals surface area contributed by atoms with Crippen LogP contribution in [-0.2, 0) is 0 Å². The smallest absolute Gasteiger partial charge is 0.128 e. The molecule has 0 amide bonds. The van der Waals surface area contributed by atoms with Gasteiger partial charge in [-0.05, 0) is 31.9 Å². The van der Waals surface area contributed by atoms with E-state index in [0.29, 0.717) is 6.04 Å². The fraction of sp³-hybridized carbons (Fsp3) is 0.647. The average Bonchev–Trinajstić information content (AvgIpc) is 2.99. The van der Waals surface area contributed by atoms with Crippen LogP contribution in [0, 0.1) is 5.82 Å². The van der Waals surface area contributed by atoms with Gasteiger partial charge in [0.1, 0.15) is 5.82 Å². The van der Waals surface area contributed by atoms with Gasteiger partial charge in [0.2, 0.25) is 0 Å². The van der Waals surface area contributed by atoms with Gasteiger partial charge in [0, 0.05) is 17.6 Å². The maximum absolute atomic E-state index is 14.2.